The van der Waals surface area contributed by atoms with Gasteiger partial charge in [-0.05, 0) is 31.0 Å². The molecule has 25 heavy (non-hydrogen) atoms. The summed E-state index contributed by atoms with van der Waals surface area (Å²) in [7, 11) is 0. The number of morpholine rings is 1. The molecule has 0 aromatic carbocycles. The Morgan fingerprint density at radius 2 is 2.20 bits per heavy atom. The molecule has 0 saturated carbocycles. The van der Waals surface area contributed by atoms with Crippen LogP contribution in [0.1, 0.15) is 43.5 Å². The maximum absolute atomic E-state index is 12.7. The van der Waals surface area contributed by atoms with Gasteiger partial charge in [-0.2, -0.15) is 5.10 Å². The van der Waals surface area contributed by atoms with Gasteiger partial charge in [0.05, 0.1) is 25.4 Å². The second-order valence-electron chi connectivity index (χ2n) is 6.13. The van der Waals surface area contributed by atoms with Gasteiger partial charge in [0.1, 0.15) is 6.10 Å². The van der Waals surface area contributed by atoms with Crippen LogP contribution in [-0.4, -0.2) is 45.4 Å². The van der Waals surface area contributed by atoms with Crippen LogP contribution < -0.4 is 5.32 Å². The summed E-state index contributed by atoms with van der Waals surface area (Å²) in [6.45, 7) is 6.59. The zero-order chi connectivity index (χ0) is 17.6. The quantitative estimate of drug-likeness (QED) is 0.905. The highest BCUT2D eigenvalue weighted by Crippen LogP contribution is 2.23. The summed E-state index contributed by atoms with van der Waals surface area (Å²) in [6, 6.07) is 3.81. The molecule has 2 atom stereocenters. The van der Waals surface area contributed by atoms with Gasteiger partial charge in [0.15, 0.2) is 0 Å². The first-order valence-electron chi connectivity index (χ1n) is 8.80. The number of nitrogens with one attached hydrogen (secondary N) is 1. The minimum atomic E-state index is -0.124. The largest absolute Gasteiger partial charge is 0.370 e. The Hall–Kier alpha value is -2.41. The maximum atomic E-state index is 12.7. The molecule has 7 heteroatoms. The first-order valence-corrected chi connectivity index (χ1v) is 8.80. The fourth-order valence-corrected chi connectivity index (χ4v) is 3.01. The molecule has 1 N–H and O–H groups in total. The molecule has 1 saturated heterocycles. The number of hydrogen-bond acceptors (Lipinski definition) is 4. The zero-order valence-corrected chi connectivity index (χ0v) is 14.8. The van der Waals surface area contributed by atoms with E-state index in [1.807, 2.05) is 41.0 Å². The molecule has 0 radical (unpaired) electrons. The Morgan fingerprint density at radius 3 is 2.88 bits per heavy atom. The van der Waals surface area contributed by atoms with E-state index in [2.05, 4.69) is 22.3 Å². The lowest BCUT2D eigenvalue weighted by molar-refractivity contribution is -0.0158. The van der Waals surface area contributed by atoms with E-state index in [0.717, 1.165) is 24.1 Å². The summed E-state index contributed by atoms with van der Waals surface area (Å²) in [5.41, 5.74) is 2.08. The molecule has 1 aliphatic heterocycles. The van der Waals surface area contributed by atoms with E-state index in [0.29, 0.717) is 19.7 Å². The molecule has 1 fully saturated rings. The first-order chi connectivity index (χ1) is 12.2. The van der Waals surface area contributed by atoms with Crippen LogP contribution in [0.4, 0.5) is 4.79 Å². The van der Waals surface area contributed by atoms with Crippen LogP contribution in [0.2, 0.25) is 0 Å². The zero-order valence-electron chi connectivity index (χ0n) is 14.8. The summed E-state index contributed by atoms with van der Waals surface area (Å²) in [5.74, 6) is 0. The van der Waals surface area contributed by atoms with E-state index in [1.54, 1.807) is 12.4 Å². The van der Waals surface area contributed by atoms with Crippen molar-refractivity contribution in [1.29, 1.82) is 0 Å². The Bertz CT molecular complexity index is 688. The van der Waals surface area contributed by atoms with Gasteiger partial charge in [-0.25, -0.2) is 4.79 Å². The van der Waals surface area contributed by atoms with Crippen molar-refractivity contribution in [2.24, 2.45) is 0 Å². The molecule has 2 aromatic heterocycles. The van der Waals surface area contributed by atoms with E-state index in [1.165, 1.54) is 0 Å². The van der Waals surface area contributed by atoms with Gasteiger partial charge < -0.3 is 15.0 Å². The number of urea groups is 1. The van der Waals surface area contributed by atoms with E-state index >= 15 is 0 Å². The third-order valence-electron chi connectivity index (χ3n) is 4.52. The summed E-state index contributed by atoms with van der Waals surface area (Å²) < 4.78 is 7.70. The van der Waals surface area contributed by atoms with E-state index in [4.69, 9.17) is 4.74 Å². The second kappa shape index (κ2) is 8.11. The van der Waals surface area contributed by atoms with E-state index in [9.17, 15) is 4.79 Å². The maximum Gasteiger partial charge on any atom is 0.318 e. The number of amides is 2. The summed E-state index contributed by atoms with van der Waals surface area (Å²) in [4.78, 5) is 18.6. The molecular weight excluding hydrogens is 318 g/mol. The predicted octanol–water partition coefficient (Wildman–Crippen LogP) is 2.53. The van der Waals surface area contributed by atoms with Gasteiger partial charge in [0.25, 0.3) is 0 Å². The number of hydrogen-bond donors (Lipinski definition) is 1. The van der Waals surface area contributed by atoms with Gasteiger partial charge in [-0.1, -0.05) is 6.92 Å². The lowest BCUT2D eigenvalue weighted by atomic mass is 10.1. The van der Waals surface area contributed by atoms with Crippen molar-refractivity contribution in [3.05, 3.63) is 48.0 Å². The number of aromatic nitrogens is 3. The van der Waals surface area contributed by atoms with Crippen LogP contribution in [0.15, 0.2) is 36.9 Å². The molecular formula is C18H25N5O2. The minimum Gasteiger partial charge on any atom is -0.370 e. The number of nitrogens with zero attached hydrogens (tertiary/aromatic N) is 4. The number of pyridine rings is 1. The van der Waals surface area contributed by atoms with Crippen molar-refractivity contribution in [3.63, 3.8) is 0 Å². The Labute approximate surface area is 148 Å². The smallest absolute Gasteiger partial charge is 0.318 e. The molecule has 1 aliphatic rings. The summed E-state index contributed by atoms with van der Waals surface area (Å²) >= 11 is 0. The number of rotatable bonds is 5. The van der Waals surface area contributed by atoms with E-state index in [-0.39, 0.29) is 18.2 Å². The topological polar surface area (TPSA) is 72.3 Å². The lowest BCUT2D eigenvalue weighted by Gasteiger charge is -2.33. The predicted molar refractivity (Wildman–Crippen MR) is 94.0 cm³/mol. The van der Waals surface area contributed by atoms with Crippen molar-refractivity contribution in [1.82, 2.24) is 25.0 Å². The number of aryl methyl sites for hydroxylation is 1. The van der Waals surface area contributed by atoms with Crippen LogP contribution in [0.5, 0.6) is 0 Å². The monoisotopic (exact) mass is 343 g/mol. The lowest BCUT2D eigenvalue weighted by Crippen LogP contribution is -2.48. The Kier molecular flexibility index (Phi) is 5.65. The molecule has 3 heterocycles. The minimum absolute atomic E-state index is 0.0142. The van der Waals surface area contributed by atoms with Gasteiger partial charge >= 0.3 is 6.03 Å². The standard InChI is InChI=1S/C18H25N5O2/c1-3-16(14-5-7-19-8-6-14)21-18(24)22-9-10-25-17(13-22)15-11-20-23(4-2)12-15/h5-8,11-12,16-17H,3-4,9-10,13H2,1-2H3,(H,21,24)/t16-,17+/m1/s1. The Balaban J connectivity index is 1.63. The SMILES string of the molecule is CC[C@@H](NC(=O)N1CCO[C@H](c2cnn(CC)c2)C1)c1ccncc1. The Morgan fingerprint density at radius 1 is 1.40 bits per heavy atom. The normalized spacial score (nSPS) is 18.8. The highest BCUT2D eigenvalue weighted by atomic mass is 16.5. The average Bonchev–Trinajstić information content (AvgIpc) is 3.16. The molecule has 7 nitrogen and oxygen atoms in total. The third kappa shape index (κ3) is 4.17. The van der Waals surface area contributed by atoms with Crippen LogP contribution in [0, 0.1) is 0 Å². The molecule has 134 valence electrons. The highest BCUT2D eigenvalue weighted by Gasteiger charge is 2.27. The van der Waals surface area contributed by atoms with Crippen molar-refractivity contribution < 1.29 is 9.53 Å². The van der Waals surface area contributed by atoms with Crippen molar-refractivity contribution in [2.45, 2.75) is 39.0 Å². The molecule has 2 amide bonds. The molecule has 2 aromatic rings. The summed E-state index contributed by atoms with van der Waals surface area (Å²) in [6.07, 6.45) is 8.01. The van der Waals surface area contributed by atoms with Gasteiger partial charge in [0, 0.05) is 37.2 Å². The second-order valence-corrected chi connectivity index (χ2v) is 6.13. The van der Waals surface area contributed by atoms with E-state index < -0.39 is 0 Å². The fraction of sp³-hybridized carbons (Fsp3) is 0.500. The third-order valence-corrected chi connectivity index (χ3v) is 4.52. The van der Waals surface area contributed by atoms with Crippen LogP contribution in [0.25, 0.3) is 0 Å². The number of ether oxygens (including phenoxy) is 1. The molecule has 3 rings (SSSR count). The van der Waals surface area contributed by atoms with Crippen LogP contribution in [0.3, 0.4) is 0 Å². The number of carbonyl (C=O) groups is 1. The highest BCUT2D eigenvalue weighted by molar-refractivity contribution is 5.75. The van der Waals surface area contributed by atoms with Crippen molar-refractivity contribution in [3.8, 4) is 0 Å². The van der Waals surface area contributed by atoms with Gasteiger partial charge in [-0.3, -0.25) is 9.67 Å². The summed E-state index contributed by atoms with van der Waals surface area (Å²) in [5, 5.41) is 7.42. The van der Waals surface area contributed by atoms with Crippen LogP contribution in [-0.2, 0) is 11.3 Å². The average molecular weight is 343 g/mol. The molecule has 0 aliphatic carbocycles. The van der Waals surface area contributed by atoms with Crippen LogP contribution >= 0.6 is 0 Å². The first kappa shape index (κ1) is 17.4. The molecule has 0 unspecified atom stereocenters. The number of carbonyl (C=O) groups excluding carboxylic acids is 1. The van der Waals surface area contributed by atoms with Gasteiger partial charge in [-0.15, -0.1) is 0 Å². The fourth-order valence-electron chi connectivity index (χ4n) is 3.01. The van der Waals surface area contributed by atoms with Crippen molar-refractivity contribution >= 4 is 6.03 Å². The molecule has 0 bridgehead atoms. The van der Waals surface area contributed by atoms with Gasteiger partial charge in [0.2, 0.25) is 0 Å². The van der Waals surface area contributed by atoms with Crippen molar-refractivity contribution in [2.75, 3.05) is 19.7 Å². The molecule has 0 spiro atoms.